The van der Waals surface area contributed by atoms with Crippen LogP contribution in [0.4, 0.5) is 11.6 Å². The summed E-state index contributed by atoms with van der Waals surface area (Å²) in [5.74, 6) is 1.98. The summed E-state index contributed by atoms with van der Waals surface area (Å²) in [4.78, 5) is 19.6. The number of piperidine rings is 1. The number of fused-ring (bicyclic) bond motifs is 1. The fraction of sp³-hybridized carbons (Fsp3) is 0.375. The predicted molar refractivity (Wildman–Crippen MR) is 120 cm³/mol. The number of aromatic nitrogens is 2. The number of anilines is 2. The number of carbonyl (C=O) groups is 1. The first-order chi connectivity index (χ1) is 14.8. The zero-order valence-electron chi connectivity index (χ0n) is 17.2. The minimum atomic E-state index is 0.109. The van der Waals surface area contributed by atoms with Gasteiger partial charge in [-0.25, -0.2) is 0 Å². The van der Waals surface area contributed by atoms with Gasteiger partial charge in [-0.2, -0.15) is 0 Å². The van der Waals surface area contributed by atoms with E-state index in [1.54, 1.807) is 0 Å². The van der Waals surface area contributed by atoms with Gasteiger partial charge in [0.05, 0.1) is 0 Å². The fourth-order valence-electron chi connectivity index (χ4n) is 4.50. The number of benzene rings is 2. The van der Waals surface area contributed by atoms with Gasteiger partial charge in [0.1, 0.15) is 0 Å². The molecular weight excluding hydrogens is 374 g/mol. The molecule has 0 aliphatic carbocycles. The van der Waals surface area contributed by atoms with Gasteiger partial charge in [-0.05, 0) is 48.2 Å². The highest BCUT2D eigenvalue weighted by Crippen LogP contribution is 2.22. The van der Waals surface area contributed by atoms with Crippen LogP contribution in [0.1, 0.15) is 29.6 Å². The molecule has 0 unspecified atom stereocenters. The summed E-state index contributed by atoms with van der Waals surface area (Å²) in [5, 5.41) is 11.1. The second-order valence-corrected chi connectivity index (χ2v) is 8.10. The van der Waals surface area contributed by atoms with Crippen LogP contribution in [0.15, 0.2) is 54.6 Å². The van der Waals surface area contributed by atoms with Crippen LogP contribution in [-0.2, 0) is 0 Å². The van der Waals surface area contributed by atoms with Gasteiger partial charge in [-0.3, -0.25) is 4.79 Å². The van der Waals surface area contributed by atoms with Crippen molar-refractivity contribution in [3.63, 3.8) is 0 Å². The van der Waals surface area contributed by atoms with E-state index < -0.39 is 0 Å². The molecule has 154 valence electrons. The number of amides is 1. The van der Waals surface area contributed by atoms with Crippen LogP contribution in [0.3, 0.4) is 0 Å². The van der Waals surface area contributed by atoms with E-state index in [0.29, 0.717) is 13.1 Å². The predicted octanol–water partition coefficient (Wildman–Crippen LogP) is 3.58. The second-order valence-electron chi connectivity index (χ2n) is 8.10. The van der Waals surface area contributed by atoms with Crippen LogP contribution in [0.5, 0.6) is 0 Å². The molecule has 2 aliphatic rings. The molecule has 2 fully saturated rings. The Morgan fingerprint density at radius 1 is 0.667 bits per heavy atom. The standard InChI is InChI=1S/C24H27N5O/c30-24(21-10-6-8-19-7-2-3-9-20(19)21)29-17-15-28(16-18-29)23-12-11-22(25-26-23)27-13-4-1-5-14-27/h2-3,6-12H,1,4-5,13-18H2. The van der Waals surface area contributed by atoms with Gasteiger partial charge in [0, 0.05) is 44.8 Å². The summed E-state index contributed by atoms with van der Waals surface area (Å²) >= 11 is 0. The summed E-state index contributed by atoms with van der Waals surface area (Å²) in [7, 11) is 0. The number of piperazine rings is 1. The molecule has 6 heteroatoms. The molecule has 0 N–H and O–H groups in total. The lowest BCUT2D eigenvalue weighted by Crippen LogP contribution is -2.49. The third kappa shape index (κ3) is 3.70. The molecule has 30 heavy (non-hydrogen) atoms. The Morgan fingerprint density at radius 2 is 1.30 bits per heavy atom. The molecule has 2 saturated heterocycles. The van der Waals surface area contributed by atoms with Crippen LogP contribution >= 0.6 is 0 Å². The van der Waals surface area contributed by atoms with E-state index in [1.165, 1.54) is 19.3 Å². The molecule has 3 heterocycles. The van der Waals surface area contributed by atoms with Crippen LogP contribution in [0.25, 0.3) is 10.8 Å². The number of hydrogen-bond acceptors (Lipinski definition) is 5. The largest absolute Gasteiger partial charge is 0.355 e. The molecule has 0 radical (unpaired) electrons. The molecule has 0 bridgehead atoms. The summed E-state index contributed by atoms with van der Waals surface area (Å²) < 4.78 is 0. The van der Waals surface area contributed by atoms with Crippen molar-refractivity contribution in [2.75, 3.05) is 49.1 Å². The molecule has 1 amide bonds. The summed E-state index contributed by atoms with van der Waals surface area (Å²) in [5.41, 5.74) is 0.784. The summed E-state index contributed by atoms with van der Waals surface area (Å²) in [6, 6.07) is 18.2. The third-order valence-corrected chi connectivity index (χ3v) is 6.23. The summed E-state index contributed by atoms with van der Waals surface area (Å²) in [6.07, 6.45) is 3.77. The van der Waals surface area contributed by atoms with E-state index in [1.807, 2.05) is 35.2 Å². The average molecular weight is 402 g/mol. The lowest BCUT2D eigenvalue weighted by atomic mass is 10.0. The number of carbonyl (C=O) groups excluding carboxylic acids is 1. The van der Waals surface area contributed by atoms with E-state index in [4.69, 9.17) is 0 Å². The SMILES string of the molecule is O=C(c1cccc2ccccc12)N1CCN(c2ccc(N3CCCCC3)nn2)CC1. The lowest BCUT2D eigenvalue weighted by Gasteiger charge is -2.35. The van der Waals surface area contributed by atoms with Crippen LogP contribution < -0.4 is 9.80 Å². The maximum atomic E-state index is 13.2. The van der Waals surface area contributed by atoms with Crippen LogP contribution in [-0.4, -0.2) is 60.3 Å². The maximum absolute atomic E-state index is 13.2. The molecule has 0 spiro atoms. The quantitative estimate of drug-likeness (QED) is 0.671. The van der Waals surface area contributed by atoms with Gasteiger partial charge < -0.3 is 14.7 Å². The maximum Gasteiger partial charge on any atom is 0.254 e. The van der Waals surface area contributed by atoms with Gasteiger partial charge in [0.2, 0.25) is 0 Å². The Labute approximate surface area is 177 Å². The normalized spacial score (nSPS) is 17.4. The van der Waals surface area contributed by atoms with E-state index in [0.717, 1.165) is 54.2 Å². The molecule has 5 rings (SSSR count). The van der Waals surface area contributed by atoms with E-state index in [-0.39, 0.29) is 5.91 Å². The van der Waals surface area contributed by atoms with E-state index in [9.17, 15) is 4.79 Å². The van der Waals surface area contributed by atoms with Crippen molar-refractivity contribution in [2.45, 2.75) is 19.3 Å². The van der Waals surface area contributed by atoms with E-state index >= 15 is 0 Å². The van der Waals surface area contributed by atoms with Gasteiger partial charge in [0.15, 0.2) is 11.6 Å². The number of nitrogens with zero attached hydrogens (tertiary/aromatic N) is 5. The van der Waals surface area contributed by atoms with Crippen molar-refractivity contribution in [3.05, 3.63) is 60.2 Å². The molecule has 6 nitrogen and oxygen atoms in total. The van der Waals surface area contributed by atoms with Crippen molar-refractivity contribution in [2.24, 2.45) is 0 Å². The van der Waals surface area contributed by atoms with Crippen molar-refractivity contribution >= 4 is 28.3 Å². The molecule has 1 aromatic heterocycles. The van der Waals surface area contributed by atoms with Crippen molar-refractivity contribution in [1.82, 2.24) is 15.1 Å². The first-order valence-corrected chi connectivity index (χ1v) is 10.9. The monoisotopic (exact) mass is 401 g/mol. The molecule has 0 saturated carbocycles. The molecule has 3 aromatic rings. The van der Waals surface area contributed by atoms with Gasteiger partial charge in [-0.15, -0.1) is 10.2 Å². The Morgan fingerprint density at radius 3 is 2.00 bits per heavy atom. The molecule has 2 aromatic carbocycles. The minimum Gasteiger partial charge on any atom is -0.355 e. The van der Waals surface area contributed by atoms with Gasteiger partial charge in [-0.1, -0.05) is 36.4 Å². The topological polar surface area (TPSA) is 52.6 Å². The van der Waals surface area contributed by atoms with E-state index in [2.05, 4.69) is 44.3 Å². The first kappa shape index (κ1) is 18.9. The highest BCUT2D eigenvalue weighted by Gasteiger charge is 2.24. The van der Waals surface area contributed by atoms with Crippen molar-refractivity contribution in [3.8, 4) is 0 Å². The smallest absolute Gasteiger partial charge is 0.254 e. The zero-order chi connectivity index (χ0) is 20.3. The fourth-order valence-corrected chi connectivity index (χ4v) is 4.50. The van der Waals surface area contributed by atoms with Crippen molar-refractivity contribution < 1.29 is 4.79 Å². The zero-order valence-corrected chi connectivity index (χ0v) is 17.2. The number of rotatable bonds is 3. The van der Waals surface area contributed by atoms with Crippen LogP contribution in [0.2, 0.25) is 0 Å². The van der Waals surface area contributed by atoms with Crippen molar-refractivity contribution in [1.29, 1.82) is 0 Å². The highest BCUT2D eigenvalue weighted by atomic mass is 16.2. The molecule has 2 aliphatic heterocycles. The average Bonchev–Trinajstić information content (AvgIpc) is 2.84. The third-order valence-electron chi connectivity index (χ3n) is 6.23. The minimum absolute atomic E-state index is 0.109. The van der Waals surface area contributed by atoms with Crippen LogP contribution in [0, 0.1) is 0 Å². The lowest BCUT2D eigenvalue weighted by molar-refractivity contribution is 0.0748. The Bertz CT molecular complexity index is 1020. The molecule has 0 atom stereocenters. The molecular formula is C24H27N5O. The Kier molecular flexibility index (Phi) is 5.22. The number of hydrogen-bond donors (Lipinski definition) is 0. The second kappa shape index (κ2) is 8.30. The Balaban J connectivity index is 1.24. The van der Waals surface area contributed by atoms with Gasteiger partial charge >= 0.3 is 0 Å². The highest BCUT2D eigenvalue weighted by molar-refractivity contribution is 6.07. The van der Waals surface area contributed by atoms with Gasteiger partial charge in [0.25, 0.3) is 5.91 Å². The Hall–Kier alpha value is -3.15. The summed E-state index contributed by atoms with van der Waals surface area (Å²) in [6.45, 7) is 5.07. The first-order valence-electron chi connectivity index (χ1n) is 10.9.